The maximum atomic E-state index is 13.7. The molecule has 1 aromatic carbocycles. The van der Waals surface area contributed by atoms with Crippen LogP contribution in [0.15, 0.2) is 18.2 Å². The summed E-state index contributed by atoms with van der Waals surface area (Å²) in [6, 6.07) is 4.41. The van der Waals surface area contributed by atoms with Crippen molar-refractivity contribution in [3.63, 3.8) is 0 Å². The van der Waals surface area contributed by atoms with Crippen molar-refractivity contribution < 1.29 is 23.5 Å². The van der Waals surface area contributed by atoms with Gasteiger partial charge in [-0.1, -0.05) is 6.07 Å². The van der Waals surface area contributed by atoms with E-state index in [9.17, 15) is 14.0 Å². The summed E-state index contributed by atoms with van der Waals surface area (Å²) in [6.45, 7) is -0.186. The number of rotatable bonds is 7. The van der Waals surface area contributed by atoms with E-state index in [0.29, 0.717) is 12.0 Å². The molecule has 1 amide bonds. The van der Waals surface area contributed by atoms with Gasteiger partial charge >= 0.3 is 5.97 Å². The van der Waals surface area contributed by atoms with E-state index in [-0.39, 0.29) is 30.2 Å². The molecule has 5 nitrogen and oxygen atoms in total. The molecule has 0 atom stereocenters. The zero-order chi connectivity index (χ0) is 19.7. The molecule has 0 aromatic heterocycles. The molecule has 5 rings (SSSR count). The number of nitrogens with one attached hydrogen (secondary N) is 1. The third-order valence-electron chi connectivity index (χ3n) is 6.75. The highest BCUT2D eigenvalue weighted by Crippen LogP contribution is 2.61. The van der Waals surface area contributed by atoms with Gasteiger partial charge in [-0.3, -0.25) is 9.59 Å². The standard InChI is InChI=1S/C22H28FNO4/c1-27-19-3-2-14(7-18(19)23)13-28-21(26)12-24-20(25)11-22-8-15-4-16(9-22)6-17(5-15)10-22/h2-3,7,15-17H,4-6,8-13H2,1H3,(H,24,25). The Kier molecular flexibility index (Phi) is 5.30. The monoisotopic (exact) mass is 389 g/mol. The average Bonchev–Trinajstić information content (AvgIpc) is 2.63. The number of hydrogen-bond acceptors (Lipinski definition) is 4. The Morgan fingerprint density at radius 1 is 1.14 bits per heavy atom. The van der Waals surface area contributed by atoms with E-state index >= 15 is 0 Å². The van der Waals surface area contributed by atoms with Gasteiger partial charge in [0.2, 0.25) is 5.91 Å². The molecular formula is C22H28FNO4. The number of methoxy groups -OCH3 is 1. The molecule has 0 radical (unpaired) electrons. The Labute approximate surface area is 165 Å². The number of carbonyl (C=O) groups is 2. The van der Waals surface area contributed by atoms with Crippen molar-refractivity contribution in [1.29, 1.82) is 0 Å². The fourth-order valence-electron chi connectivity index (χ4n) is 6.09. The number of benzene rings is 1. The molecule has 4 fully saturated rings. The van der Waals surface area contributed by atoms with E-state index in [1.54, 1.807) is 6.07 Å². The molecule has 1 N–H and O–H groups in total. The molecule has 1 aromatic rings. The normalized spacial score (nSPS) is 30.1. The van der Waals surface area contributed by atoms with Crippen LogP contribution in [-0.4, -0.2) is 25.5 Å². The van der Waals surface area contributed by atoms with E-state index in [2.05, 4.69) is 5.32 Å². The van der Waals surface area contributed by atoms with Crippen LogP contribution < -0.4 is 10.1 Å². The van der Waals surface area contributed by atoms with Crippen LogP contribution >= 0.6 is 0 Å². The zero-order valence-corrected chi connectivity index (χ0v) is 16.3. The first-order valence-corrected chi connectivity index (χ1v) is 10.2. The number of amides is 1. The first kappa shape index (κ1) is 19.2. The van der Waals surface area contributed by atoms with Gasteiger partial charge < -0.3 is 14.8 Å². The van der Waals surface area contributed by atoms with Crippen molar-refractivity contribution in [3.8, 4) is 5.75 Å². The van der Waals surface area contributed by atoms with Gasteiger partial charge in [-0.15, -0.1) is 0 Å². The molecule has 4 aliphatic carbocycles. The van der Waals surface area contributed by atoms with Crippen LogP contribution in [0.25, 0.3) is 0 Å². The molecule has 6 heteroatoms. The second-order valence-corrected chi connectivity index (χ2v) is 9.00. The van der Waals surface area contributed by atoms with E-state index in [1.165, 1.54) is 57.8 Å². The van der Waals surface area contributed by atoms with Crippen molar-refractivity contribution in [2.75, 3.05) is 13.7 Å². The summed E-state index contributed by atoms with van der Waals surface area (Å²) in [5, 5.41) is 2.72. The minimum Gasteiger partial charge on any atom is -0.494 e. The molecular weight excluding hydrogens is 361 g/mol. The van der Waals surface area contributed by atoms with E-state index in [0.717, 1.165) is 17.8 Å². The molecule has 4 saturated carbocycles. The van der Waals surface area contributed by atoms with Crippen LogP contribution in [-0.2, 0) is 20.9 Å². The summed E-state index contributed by atoms with van der Waals surface area (Å²) in [6.07, 6.45) is 8.06. The van der Waals surface area contributed by atoms with E-state index in [1.807, 2.05) is 0 Å². The van der Waals surface area contributed by atoms with E-state index < -0.39 is 11.8 Å². The van der Waals surface area contributed by atoms with Crippen molar-refractivity contribution in [3.05, 3.63) is 29.6 Å². The molecule has 0 aliphatic heterocycles. The highest BCUT2D eigenvalue weighted by atomic mass is 19.1. The maximum absolute atomic E-state index is 13.7. The second-order valence-electron chi connectivity index (χ2n) is 9.00. The molecule has 152 valence electrons. The Hall–Kier alpha value is -2.11. The van der Waals surface area contributed by atoms with Crippen molar-refractivity contribution in [2.24, 2.45) is 23.2 Å². The quantitative estimate of drug-likeness (QED) is 0.724. The van der Waals surface area contributed by atoms with Gasteiger partial charge in [0.1, 0.15) is 13.2 Å². The third-order valence-corrected chi connectivity index (χ3v) is 6.75. The van der Waals surface area contributed by atoms with Gasteiger partial charge in [-0.2, -0.15) is 0 Å². The minimum atomic E-state index is -0.518. The Bertz CT molecular complexity index is 728. The fraction of sp³-hybridized carbons (Fsp3) is 0.636. The Balaban J connectivity index is 1.22. The molecule has 0 unspecified atom stereocenters. The summed E-state index contributed by atoms with van der Waals surface area (Å²) in [4.78, 5) is 24.4. The van der Waals surface area contributed by atoms with Crippen LogP contribution in [0, 0.1) is 29.0 Å². The number of esters is 1. The lowest BCUT2D eigenvalue weighted by atomic mass is 9.49. The molecule has 0 spiro atoms. The van der Waals surface area contributed by atoms with Crippen LogP contribution in [0.5, 0.6) is 5.75 Å². The van der Waals surface area contributed by atoms with Gasteiger partial charge in [-0.25, -0.2) is 4.39 Å². The highest BCUT2D eigenvalue weighted by Gasteiger charge is 2.51. The summed E-state index contributed by atoms with van der Waals surface area (Å²) < 4.78 is 23.7. The first-order valence-electron chi connectivity index (χ1n) is 10.2. The van der Waals surface area contributed by atoms with Crippen LogP contribution in [0.4, 0.5) is 4.39 Å². The predicted molar refractivity (Wildman–Crippen MR) is 101 cm³/mol. The largest absolute Gasteiger partial charge is 0.494 e. The summed E-state index contributed by atoms with van der Waals surface area (Å²) in [5.41, 5.74) is 0.690. The third kappa shape index (κ3) is 4.15. The summed E-state index contributed by atoms with van der Waals surface area (Å²) >= 11 is 0. The molecule has 4 bridgehead atoms. The SMILES string of the molecule is COc1ccc(COC(=O)CNC(=O)CC23CC4CC(CC(C4)C2)C3)cc1F. The van der Waals surface area contributed by atoms with Crippen molar-refractivity contribution in [2.45, 2.75) is 51.6 Å². The van der Waals surface area contributed by atoms with Gasteiger partial charge in [0.15, 0.2) is 11.6 Å². The smallest absolute Gasteiger partial charge is 0.325 e. The van der Waals surface area contributed by atoms with Crippen LogP contribution in [0.3, 0.4) is 0 Å². The molecule has 4 aliphatic rings. The molecule has 0 heterocycles. The number of ether oxygens (including phenoxy) is 2. The number of hydrogen-bond donors (Lipinski definition) is 1. The fourth-order valence-corrected chi connectivity index (χ4v) is 6.09. The predicted octanol–water partition coefficient (Wildman–Crippen LogP) is 3.60. The topological polar surface area (TPSA) is 64.6 Å². The molecule has 0 saturated heterocycles. The zero-order valence-electron chi connectivity index (χ0n) is 16.3. The maximum Gasteiger partial charge on any atom is 0.325 e. The molecule has 28 heavy (non-hydrogen) atoms. The van der Waals surface area contributed by atoms with Crippen molar-refractivity contribution >= 4 is 11.9 Å². The van der Waals surface area contributed by atoms with Gasteiger partial charge in [0, 0.05) is 6.42 Å². The highest BCUT2D eigenvalue weighted by molar-refractivity contribution is 5.82. The first-order chi connectivity index (χ1) is 13.4. The summed E-state index contributed by atoms with van der Waals surface area (Å²) in [7, 11) is 1.39. The lowest BCUT2D eigenvalue weighted by Crippen LogP contribution is -2.48. The Morgan fingerprint density at radius 3 is 2.36 bits per heavy atom. The van der Waals surface area contributed by atoms with Crippen LogP contribution in [0.1, 0.15) is 50.5 Å². The average molecular weight is 389 g/mol. The minimum absolute atomic E-state index is 0.0371. The van der Waals surface area contributed by atoms with Gasteiger partial charge in [0.25, 0.3) is 0 Å². The lowest BCUT2D eigenvalue weighted by molar-refractivity contribution is -0.146. The van der Waals surface area contributed by atoms with Crippen LogP contribution in [0.2, 0.25) is 0 Å². The second kappa shape index (κ2) is 7.72. The summed E-state index contributed by atoms with van der Waals surface area (Å²) in [5.74, 6) is 1.47. The Morgan fingerprint density at radius 2 is 1.79 bits per heavy atom. The van der Waals surface area contributed by atoms with Crippen molar-refractivity contribution in [1.82, 2.24) is 5.32 Å². The number of halogens is 1. The van der Waals surface area contributed by atoms with Gasteiger partial charge in [-0.05, 0) is 79.4 Å². The lowest BCUT2D eigenvalue weighted by Gasteiger charge is -2.56. The van der Waals surface area contributed by atoms with Gasteiger partial charge in [0.05, 0.1) is 7.11 Å². The van der Waals surface area contributed by atoms with E-state index in [4.69, 9.17) is 9.47 Å². The number of carbonyl (C=O) groups excluding carboxylic acids is 2.